The average molecular weight is 496 g/mol. The third-order valence-electron chi connectivity index (χ3n) is 7.33. The smallest absolute Gasteiger partial charge is 0.0553 e. The van der Waals surface area contributed by atoms with E-state index in [1.54, 1.807) is 0 Å². The summed E-state index contributed by atoms with van der Waals surface area (Å²) in [6.45, 7) is 0. The molecule has 158 valence electrons. The minimum absolute atomic E-state index is 1.09. The average Bonchev–Trinajstić information content (AvgIpc) is 3.19. The van der Waals surface area contributed by atoms with Gasteiger partial charge in [-0.3, -0.25) is 0 Å². The van der Waals surface area contributed by atoms with Crippen molar-refractivity contribution in [2.24, 2.45) is 0 Å². The molecule has 7 aromatic carbocycles. The highest BCUT2D eigenvalue weighted by molar-refractivity contribution is 9.10. The fourth-order valence-corrected chi connectivity index (χ4v) is 6.23. The molecule has 1 nitrogen and oxygen atoms in total. The zero-order chi connectivity index (χ0) is 22.4. The molecule has 0 bridgehead atoms. The van der Waals surface area contributed by atoms with Crippen LogP contribution in [0.2, 0.25) is 0 Å². The number of aromatic nitrogens is 1. The van der Waals surface area contributed by atoms with Gasteiger partial charge in [-0.15, -0.1) is 0 Å². The Morgan fingerprint density at radius 1 is 0.441 bits per heavy atom. The van der Waals surface area contributed by atoms with Crippen LogP contribution >= 0.6 is 15.9 Å². The van der Waals surface area contributed by atoms with E-state index in [1.165, 1.54) is 70.6 Å². The Bertz CT molecular complexity index is 2060. The first-order chi connectivity index (χ1) is 16.8. The number of rotatable bonds is 1. The summed E-state index contributed by atoms with van der Waals surface area (Å²) in [5.74, 6) is 0. The van der Waals surface area contributed by atoms with Crippen molar-refractivity contribution >= 4 is 80.8 Å². The fourth-order valence-electron chi connectivity index (χ4n) is 5.88. The first-order valence-corrected chi connectivity index (χ1v) is 12.3. The monoisotopic (exact) mass is 495 g/mol. The van der Waals surface area contributed by atoms with Gasteiger partial charge in [-0.25, -0.2) is 0 Å². The Hall–Kier alpha value is -3.88. The van der Waals surface area contributed by atoms with Crippen LogP contribution in [-0.2, 0) is 0 Å². The first kappa shape index (κ1) is 18.5. The number of hydrogen-bond acceptors (Lipinski definition) is 0. The highest BCUT2D eigenvalue weighted by Gasteiger charge is 2.18. The Morgan fingerprint density at radius 2 is 1.15 bits per heavy atom. The molecule has 1 heterocycles. The van der Waals surface area contributed by atoms with Gasteiger partial charge in [0.25, 0.3) is 0 Å². The van der Waals surface area contributed by atoms with Gasteiger partial charge in [-0.05, 0) is 73.4 Å². The quantitative estimate of drug-likeness (QED) is 0.199. The third kappa shape index (κ3) is 2.39. The third-order valence-corrected chi connectivity index (χ3v) is 7.82. The van der Waals surface area contributed by atoms with E-state index >= 15 is 0 Å². The van der Waals surface area contributed by atoms with Crippen LogP contribution in [0.25, 0.3) is 70.6 Å². The lowest BCUT2D eigenvalue weighted by Gasteiger charge is -2.13. The van der Waals surface area contributed by atoms with E-state index in [0.717, 1.165) is 4.47 Å². The summed E-state index contributed by atoms with van der Waals surface area (Å²) in [6, 6.07) is 40.1. The lowest BCUT2D eigenvalue weighted by molar-refractivity contribution is 1.19. The van der Waals surface area contributed by atoms with E-state index in [1.807, 2.05) is 0 Å². The highest BCUT2D eigenvalue weighted by atomic mass is 79.9. The molecule has 0 aliphatic carbocycles. The lowest BCUT2D eigenvalue weighted by atomic mass is 9.92. The van der Waals surface area contributed by atoms with Crippen molar-refractivity contribution in [3.63, 3.8) is 0 Å². The Balaban J connectivity index is 1.62. The van der Waals surface area contributed by atoms with Crippen LogP contribution in [0.1, 0.15) is 0 Å². The number of halogens is 1. The molecule has 0 aliphatic rings. The molecule has 0 spiro atoms. The summed E-state index contributed by atoms with van der Waals surface area (Å²) in [6.07, 6.45) is 0. The molecule has 0 radical (unpaired) electrons. The molecular weight excluding hydrogens is 478 g/mol. The zero-order valence-corrected chi connectivity index (χ0v) is 19.8. The predicted octanol–water partition coefficient (Wildman–Crippen LogP) is 9.60. The maximum Gasteiger partial charge on any atom is 0.0553 e. The van der Waals surface area contributed by atoms with Crippen LogP contribution in [0, 0.1) is 0 Å². The minimum atomic E-state index is 1.09. The Labute approximate surface area is 204 Å². The molecule has 8 aromatic rings. The number of benzene rings is 7. The van der Waals surface area contributed by atoms with E-state index in [2.05, 4.69) is 130 Å². The van der Waals surface area contributed by atoms with E-state index in [9.17, 15) is 0 Å². The predicted molar refractivity (Wildman–Crippen MR) is 150 cm³/mol. The molecule has 8 rings (SSSR count). The van der Waals surface area contributed by atoms with E-state index in [4.69, 9.17) is 0 Å². The Kier molecular flexibility index (Phi) is 3.59. The summed E-state index contributed by atoms with van der Waals surface area (Å²) in [5.41, 5.74) is 3.65. The van der Waals surface area contributed by atoms with Gasteiger partial charge >= 0.3 is 0 Å². The van der Waals surface area contributed by atoms with Crippen LogP contribution in [0.3, 0.4) is 0 Å². The van der Waals surface area contributed by atoms with E-state index in [0.29, 0.717) is 0 Å². The van der Waals surface area contributed by atoms with Crippen LogP contribution < -0.4 is 0 Å². The number of fused-ring (bicyclic) bond motifs is 5. The Morgan fingerprint density at radius 3 is 2.03 bits per heavy atom. The van der Waals surface area contributed by atoms with Gasteiger partial charge < -0.3 is 4.57 Å². The normalized spacial score (nSPS) is 12.3. The van der Waals surface area contributed by atoms with Gasteiger partial charge in [0.2, 0.25) is 0 Å². The van der Waals surface area contributed by atoms with Gasteiger partial charge in [-0.1, -0.05) is 94.8 Å². The molecule has 34 heavy (non-hydrogen) atoms. The summed E-state index contributed by atoms with van der Waals surface area (Å²) in [4.78, 5) is 0. The summed E-state index contributed by atoms with van der Waals surface area (Å²) in [5, 5.41) is 13.1. The lowest BCUT2D eigenvalue weighted by Crippen LogP contribution is -1.94. The molecule has 0 N–H and O–H groups in total. The fraction of sp³-hybridized carbons (Fsp3) is 0. The second-order valence-electron chi connectivity index (χ2n) is 9.16. The van der Waals surface area contributed by atoms with Gasteiger partial charge in [-0.2, -0.15) is 0 Å². The molecule has 0 atom stereocenters. The van der Waals surface area contributed by atoms with Crippen molar-refractivity contribution in [1.29, 1.82) is 0 Å². The van der Waals surface area contributed by atoms with Gasteiger partial charge in [0.1, 0.15) is 0 Å². The van der Waals surface area contributed by atoms with Crippen molar-refractivity contribution in [2.75, 3.05) is 0 Å². The second-order valence-corrected chi connectivity index (χ2v) is 10.1. The summed E-state index contributed by atoms with van der Waals surface area (Å²) < 4.78 is 3.52. The van der Waals surface area contributed by atoms with Gasteiger partial charge in [0.15, 0.2) is 0 Å². The van der Waals surface area contributed by atoms with Crippen molar-refractivity contribution in [2.45, 2.75) is 0 Å². The van der Waals surface area contributed by atoms with Crippen LogP contribution in [0.5, 0.6) is 0 Å². The van der Waals surface area contributed by atoms with Crippen LogP contribution in [0.4, 0.5) is 0 Å². The maximum absolute atomic E-state index is 3.73. The van der Waals surface area contributed by atoms with Crippen molar-refractivity contribution in [3.05, 3.63) is 114 Å². The molecular formula is C32H18BrN. The molecule has 0 aliphatic heterocycles. The SMILES string of the molecule is Brc1ccc2c3c4ccc5cccc6ccc(cc3n(-c3ccc7ccccc7c3)c2c1)c4c65. The van der Waals surface area contributed by atoms with E-state index < -0.39 is 0 Å². The maximum atomic E-state index is 3.73. The standard InChI is InChI=1S/C32H18BrN/c33-24-12-15-26-28(18-24)34(25-13-10-19-4-1-2-5-22(19)16-25)29-17-23-9-8-20-6-3-7-21-11-14-27(32(26)29)31(23)30(20)21/h1-18H. The molecule has 0 amide bonds. The second kappa shape index (κ2) is 6.59. The minimum Gasteiger partial charge on any atom is -0.309 e. The molecule has 0 saturated carbocycles. The summed E-state index contributed by atoms with van der Waals surface area (Å²) >= 11 is 3.73. The van der Waals surface area contributed by atoms with Crippen LogP contribution in [0.15, 0.2) is 114 Å². The molecule has 0 fully saturated rings. The topological polar surface area (TPSA) is 4.93 Å². The highest BCUT2D eigenvalue weighted by Crippen LogP contribution is 2.43. The van der Waals surface area contributed by atoms with Gasteiger partial charge in [0, 0.05) is 20.9 Å². The van der Waals surface area contributed by atoms with Crippen molar-refractivity contribution in [3.8, 4) is 5.69 Å². The van der Waals surface area contributed by atoms with Gasteiger partial charge in [0.05, 0.1) is 11.0 Å². The van der Waals surface area contributed by atoms with Crippen LogP contribution in [-0.4, -0.2) is 4.57 Å². The van der Waals surface area contributed by atoms with Crippen molar-refractivity contribution in [1.82, 2.24) is 4.57 Å². The number of hydrogen-bond donors (Lipinski definition) is 0. The zero-order valence-electron chi connectivity index (χ0n) is 18.2. The van der Waals surface area contributed by atoms with Crippen molar-refractivity contribution < 1.29 is 0 Å². The molecule has 0 unspecified atom stereocenters. The first-order valence-electron chi connectivity index (χ1n) is 11.6. The largest absolute Gasteiger partial charge is 0.309 e. The summed E-state index contributed by atoms with van der Waals surface area (Å²) in [7, 11) is 0. The number of nitrogens with zero attached hydrogens (tertiary/aromatic N) is 1. The molecule has 1 aromatic heterocycles. The van der Waals surface area contributed by atoms with E-state index in [-0.39, 0.29) is 0 Å². The molecule has 2 heteroatoms. The molecule has 0 saturated heterocycles.